The Bertz CT molecular complexity index is 640. The third-order valence-electron chi connectivity index (χ3n) is 3.78. The minimum atomic E-state index is -0.0740. The van der Waals surface area contributed by atoms with Crippen LogP contribution in [0.15, 0.2) is 41.0 Å². The molecular weight excluding hydrogens is 284 g/mol. The molecule has 1 saturated heterocycles. The van der Waals surface area contributed by atoms with Crippen LogP contribution in [0.4, 0.5) is 10.5 Å². The van der Waals surface area contributed by atoms with Gasteiger partial charge in [0.15, 0.2) is 0 Å². The highest BCUT2D eigenvalue weighted by Crippen LogP contribution is 2.38. The van der Waals surface area contributed by atoms with Gasteiger partial charge in [-0.15, -0.1) is 11.8 Å². The van der Waals surface area contributed by atoms with E-state index in [0.717, 1.165) is 29.3 Å². The van der Waals surface area contributed by atoms with Gasteiger partial charge in [-0.1, -0.05) is 12.1 Å². The molecule has 0 aliphatic carbocycles. The first-order chi connectivity index (χ1) is 10.2. The average Bonchev–Trinajstić information content (AvgIpc) is 3.13. The van der Waals surface area contributed by atoms with Crippen molar-refractivity contribution in [1.29, 1.82) is 0 Å². The van der Waals surface area contributed by atoms with Crippen LogP contribution >= 0.6 is 11.8 Å². The maximum absolute atomic E-state index is 12.5. The van der Waals surface area contributed by atoms with E-state index in [-0.39, 0.29) is 11.4 Å². The molecule has 2 aromatic rings. The summed E-state index contributed by atoms with van der Waals surface area (Å²) in [6.07, 6.45) is 1.65. The normalized spacial score (nSPS) is 18.0. The molecule has 2 heterocycles. The van der Waals surface area contributed by atoms with Gasteiger partial charge in [0, 0.05) is 18.0 Å². The number of amides is 2. The predicted molar refractivity (Wildman–Crippen MR) is 85.5 cm³/mol. The van der Waals surface area contributed by atoms with Crippen LogP contribution in [-0.2, 0) is 0 Å². The second-order valence-corrected chi connectivity index (χ2v) is 6.30. The zero-order valence-electron chi connectivity index (χ0n) is 12.1. The quantitative estimate of drug-likeness (QED) is 0.905. The highest BCUT2D eigenvalue weighted by Gasteiger charge is 2.32. The molecule has 1 aromatic heterocycles. The van der Waals surface area contributed by atoms with Gasteiger partial charge < -0.3 is 14.6 Å². The molecular formula is C16H18N2O2S. The van der Waals surface area contributed by atoms with Crippen LogP contribution in [0.5, 0.6) is 0 Å². The molecule has 4 nitrogen and oxygen atoms in total. The van der Waals surface area contributed by atoms with Crippen molar-refractivity contribution in [3.05, 3.63) is 53.5 Å². The summed E-state index contributed by atoms with van der Waals surface area (Å²) in [6, 6.07) is 9.64. The number of rotatable bonds is 2. The highest BCUT2D eigenvalue weighted by atomic mass is 32.2. The molecule has 0 saturated carbocycles. The first kappa shape index (κ1) is 14.1. The number of anilines is 1. The first-order valence-corrected chi connectivity index (χ1v) is 8.00. The molecule has 21 heavy (non-hydrogen) atoms. The number of carbonyl (C=O) groups is 1. The van der Waals surface area contributed by atoms with Crippen LogP contribution in [0, 0.1) is 13.8 Å². The third kappa shape index (κ3) is 2.78. The standard InChI is InChI=1S/C16H18N2O2S/c1-11-5-3-6-13(12(11)2)17-16(19)18-8-10-21-15(18)14-7-4-9-20-14/h3-7,9,15H,8,10H2,1-2H3,(H,17,19)/t15-/m1/s1. The average molecular weight is 302 g/mol. The number of hydrogen-bond donors (Lipinski definition) is 1. The molecule has 0 unspecified atom stereocenters. The lowest BCUT2D eigenvalue weighted by atomic mass is 10.1. The Balaban J connectivity index is 1.77. The zero-order chi connectivity index (χ0) is 14.8. The molecule has 1 fully saturated rings. The maximum atomic E-state index is 12.5. The summed E-state index contributed by atoms with van der Waals surface area (Å²) in [6.45, 7) is 4.79. The van der Waals surface area contributed by atoms with Crippen molar-refractivity contribution >= 4 is 23.5 Å². The van der Waals surface area contributed by atoms with Crippen LogP contribution in [0.3, 0.4) is 0 Å². The SMILES string of the molecule is Cc1cccc(NC(=O)N2CCS[C@@H]2c2ccco2)c1C. The van der Waals surface area contributed by atoms with E-state index in [1.54, 1.807) is 18.0 Å². The molecule has 0 spiro atoms. The van der Waals surface area contributed by atoms with Gasteiger partial charge in [-0.3, -0.25) is 0 Å². The summed E-state index contributed by atoms with van der Waals surface area (Å²) >= 11 is 1.73. The van der Waals surface area contributed by atoms with Gasteiger partial charge >= 0.3 is 6.03 Å². The molecule has 5 heteroatoms. The summed E-state index contributed by atoms with van der Waals surface area (Å²) in [5.41, 5.74) is 3.15. The summed E-state index contributed by atoms with van der Waals surface area (Å²) in [4.78, 5) is 14.4. The fourth-order valence-electron chi connectivity index (χ4n) is 2.42. The van der Waals surface area contributed by atoms with Gasteiger partial charge in [-0.2, -0.15) is 0 Å². The largest absolute Gasteiger partial charge is 0.466 e. The number of nitrogens with one attached hydrogen (secondary N) is 1. The van der Waals surface area contributed by atoms with Crippen molar-refractivity contribution in [2.24, 2.45) is 0 Å². The summed E-state index contributed by atoms with van der Waals surface area (Å²) in [7, 11) is 0. The van der Waals surface area contributed by atoms with Crippen LogP contribution in [0.1, 0.15) is 22.3 Å². The zero-order valence-corrected chi connectivity index (χ0v) is 12.9. The van der Waals surface area contributed by atoms with Gasteiger partial charge in [0.05, 0.1) is 6.26 Å². The maximum Gasteiger partial charge on any atom is 0.323 e. The van der Waals surface area contributed by atoms with Gasteiger partial charge in [0.2, 0.25) is 0 Å². The number of hydrogen-bond acceptors (Lipinski definition) is 3. The topological polar surface area (TPSA) is 45.5 Å². The lowest BCUT2D eigenvalue weighted by Gasteiger charge is -2.23. The number of carbonyl (C=O) groups excluding carboxylic acids is 1. The number of aryl methyl sites for hydroxylation is 1. The summed E-state index contributed by atoms with van der Waals surface area (Å²) in [5.74, 6) is 1.75. The van der Waals surface area contributed by atoms with E-state index in [0.29, 0.717) is 0 Å². The Hall–Kier alpha value is -1.88. The monoisotopic (exact) mass is 302 g/mol. The van der Waals surface area contributed by atoms with E-state index < -0.39 is 0 Å². The molecule has 0 bridgehead atoms. The van der Waals surface area contributed by atoms with Gasteiger partial charge in [0.25, 0.3) is 0 Å². The number of benzene rings is 1. The third-order valence-corrected chi connectivity index (χ3v) is 5.01. The number of nitrogens with zero attached hydrogens (tertiary/aromatic N) is 1. The summed E-state index contributed by atoms with van der Waals surface area (Å²) < 4.78 is 5.45. The molecule has 1 aliphatic heterocycles. The fraction of sp³-hybridized carbons (Fsp3) is 0.312. The first-order valence-electron chi connectivity index (χ1n) is 6.95. The van der Waals surface area contributed by atoms with E-state index in [2.05, 4.69) is 5.32 Å². The van der Waals surface area contributed by atoms with Crippen molar-refractivity contribution in [2.75, 3.05) is 17.6 Å². The Labute approximate surface area is 128 Å². The van der Waals surface area contributed by atoms with Crippen molar-refractivity contribution in [3.63, 3.8) is 0 Å². The van der Waals surface area contributed by atoms with Crippen LogP contribution in [0.2, 0.25) is 0 Å². The van der Waals surface area contributed by atoms with E-state index >= 15 is 0 Å². The molecule has 1 atom stereocenters. The second kappa shape index (κ2) is 5.85. The molecule has 1 N–H and O–H groups in total. The number of thioether (sulfide) groups is 1. The van der Waals surface area contributed by atoms with Gasteiger partial charge in [-0.05, 0) is 43.2 Å². The molecule has 110 valence electrons. The van der Waals surface area contributed by atoms with E-state index in [4.69, 9.17) is 4.42 Å². The number of furan rings is 1. The Morgan fingerprint density at radius 3 is 2.95 bits per heavy atom. The van der Waals surface area contributed by atoms with Crippen molar-refractivity contribution in [2.45, 2.75) is 19.2 Å². The van der Waals surface area contributed by atoms with Crippen LogP contribution in [-0.4, -0.2) is 23.2 Å². The predicted octanol–water partition coefficient (Wildman–Crippen LogP) is 4.18. The second-order valence-electron chi connectivity index (χ2n) is 5.11. The van der Waals surface area contributed by atoms with Crippen molar-refractivity contribution < 1.29 is 9.21 Å². The van der Waals surface area contributed by atoms with E-state index in [1.807, 2.05) is 49.1 Å². The van der Waals surface area contributed by atoms with Crippen LogP contribution in [0.25, 0.3) is 0 Å². The molecule has 3 rings (SSSR count). The smallest absolute Gasteiger partial charge is 0.323 e. The summed E-state index contributed by atoms with van der Waals surface area (Å²) in [5, 5.41) is 2.98. The lowest BCUT2D eigenvalue weighted by Crippen LogP contribution is -2.34. The van der Waals surface area contributed by atoms with Crippen molar-refractivity contribution in [3.8, 4) is 0 Å². The highest BCUT2D eigenvalue weighted by molar-refractivity contribution is 7.99. The Morgan fingerprint density at radius 2 is 2.19 bits per heavy atom. The van der Waals surface area contributed by atoms with E-state index in [9.17, 15) is 4.79 Å². The van der Waals surface area contributed by atoms with E-state index in [1.165, 1.54) is 5.56 Å². The molecule has 1 aromatic carbocycles. The molecule has 2 amide bonds. The minimum absolute atomic E-state index is 0.0369. The fourth-order valence-corrected chi connectivity index (χ4v) is 3.62. The lowest BCUT2D eigenvalue weighted by molar-refractivity contribution is 0.209. The van der Waals surface area contributed by atoms with Crippen LogP contribution < -0.4 is 5.32 Å². The molecule has 0 radical (unpaired) electrons. The molecule has 1 aliphatic rings. The van der Waals surface area contributed by atoms with Gasteiger partial charge in [0.1, 0.15) is 11.1 Å². The Morgan fingerprint density at radius 1 is 1.33 bits per heavy atom. The minimum Gasteiger partial charge on any atom is -0.466 e. The Kier molecular flexibility index (Phi) is 3.92. The van der Waals surface area contributed by atoms with Gasteiger partial charge in [-0.25, -0.2) is 4.79 Å². The number of urea groups is 1. The van der Waals surface area contributed by atoms with Crippen molar-refractivity contribution in [1.82, 2.24) is 4.90 Å².